The van der Waals surface area contributed by atoms with Gasteiger partial charge in [0.05, 0.1) is 11.1 Å². The van der Waals surface area contributed by atoms with Crippen LogP contribution in [0.2, 0.25) is 5.02 Å². The van der Waals surface area contributed by atoms with E-state index in [0.29, 0.717) is 5.75 Å². The molecule has 0 saturated carbocycles. The van der Waals surface area contributed by atoms with Gasteiger partial charge in [-0.05, 0) is 26.0 Å². The van der Waals surface area contributed by atoms with E-state index < -0.39 is 11.9 Å². The molecule has 0 amide bonds. The number of ether oxygens (including phenoxy) is 1. The summed E-state index contributed by atoms with van der Waals surface area (Å²) in [6.45, 7) is 3.31. The predicted molar refractivity (Wildman–Crippen MR) is 53.2 cm³/mol. The molecule has 1 aromatic carbocycles. The summed E-state index contributed by atoms with van der Waals surface area (Å²) in [6.07, 6.45) is -0.982. The highest BCUT2D eigenvalue weighted by atomic mass is 35.5. The van der Waals surface area contributed by atoms with E-state index >= 15 is 0 Å². The maximum atomic E-state index is 13.0. The molecule has 2 nitrogen and oxygen atoms in total. The first-order valence-corrected chi connectivity index (χ1v) is 4.68. The lowest BCUT2D eigenvalue weighted by atomic mass is 10.2. The summed E-state index contributed by atoms with van der Waals surface area (Å²) < 4.78 is 18.2. The highest BCUT2D eigenvalue weighted by Crippen LogP contribution is 2.21. The van der Waals surface area contributed by atoms with Gasteiger partial charge in [-0.2, -0.15) is 0 Å². The molecular formula is C10H12ClFO2. The van der Waals surface area contributed by atoms with Crippen molar-refractivity contribution in [2.24, 2.45) is 0 Å². The molecule has 0 spiro atoms. The molecule has 0 bridgehead atoms. The maximum absolute atomic E-state index is 13.0. The molecule has 1 rings (SSSR count). The van der Waals surface area contributed by atoms with Crippen molar-refractivity contribution in [2.75, 3.05) is 0 Å². The van der Waals surface area contributed by atoms with Gasteiger partial charge in [0.2, 0.25) is 0 Å². The lowest BCUT2D eigenvalue weighted by molar-refractivity contribution is 0.0602. The quantitative estimate of drug-likeness (QED) is 0.845. The zero-order chi connectivity index (χ0) is 10.7. The van der Waals surface area contributed by atoms with Crippen molar-refractivity contribution >= 4 is 11.6 Å². The van der Waals surface area contributed by atoms with Crippen molar-refractivity contribution in [2.45, 2.75) is 26.1 Å². The second-order valence-electron chi connectivity index (χ2n) is 3.14. The van der Waals surface area contributed by atoms with Gasteiger partial charge in [-0.3, -0.25) is 0 Å². The highest BCUT2D eigenvalue weighted by Gasteiger charge is 2.11. The number of halogens is 2. The Morgan fingerprint density at radius 1 is 1.43 bits per heavy atom. The fourth-order valence-corrected chi connectivity index (χ4v) is 0.981. The van der Waals surface area contributed by atoms with Crippen LogP contribution in [0.5, 0.6) is 5.75 Å². The second-order valence-corrected chi connectivity index (χ2v) is 3.55. The fraction of sp³-hybridized carbons (Fsp3) is 0.400. The Morgan fingerprint density at radius 3 is 2.57 bits per heavy atom. The van der Waals surface area contributed by atoms with Crippen LogP contribution >= 0.6 is 11.6 Å². The summed E-state index contributed by atoms with van der Waals surface area (Å²) in [7, 11) is 0. The van der Waals surface area contributed by atoms with Crippen LogP contribution in [0.15, 0.2) is 18.2 Å². The molecule has 2 unspecified atom stereocenters. The Hall–Kier alpha value is -0.800. The summed E-state index contributed by atoms with van der Waals surface area (Å²) in [5.74, 6) is -0.165. The van der Waals surface area contributed by atoms with Gasteiger partial charge in [0.25, 0.3) is 0 Å². The van der Waals surface area contributed by atoms with Crippen LogP contribution in [0, 0.1) is 5.82 Å². The van der Waals surface area contributed by atoms with Gasteiger partial charge in [0, 0.05) is 6.07 Å². The highest BCUT2D eigenvalue weighted by molar-refractivity contribution is 6.30. The van der Waals surface area contributed by atoms with E-state index in [4.69, 9.17) is 21.4 Å². The normalized spacial score (nSPS) is 14.9. The van der Waals surface area contributed by atoms with E-state index in [-0.39, 0.29) is 11.1 Å². The Bertz CT molecular complexity index is 315. The molecule has 1 N–H and O–H groups in total. The van der Waals surface area contributed by atoms with Crippen molar-refractivity contribution in [3.8, 4) is 5.75 Å². The minimum Gasteiger partial charge on any atom is -0.488 e. The minimum absolute atomic E-state index is 0.0575. The third-order valence-corrected chi connectivity index (χ3v) is 2.20. The topological polar surface area (TPSA) is 29.5 Å². The summed E-state index contributed by atoms with van der Waals surface area (Å²) in [4.78, 5) is 0. The van der Waals surface area contributed by atoms with E-state index in [1.54, 1.807) is 19.9 Å². The van der Waals surface area contributed by atoms with Gasteiger partial charge in [-0.15, -0.1) is 0 Å². The van der Waals surface area contributed by atoms with E-state index in [1.165, 1.54) is 12.1 Å². The first-order chi connectivity index (χ1) is 6.50. The number of rotatable bonds is 3. The molecule has 0 aliphatic heterocycles. The van der Waals surface area contributed by atoms with Crippen LogP contribution in [0.3, 0.4) is 0 Å². The standard InChI is InChI=1S/C10H12ClFO2/c1-6(13)7(2)14-8-3-4-9(11)10(12)5-8/h3-7,13H,1-2H3. The van der Waals surface area contributed by atoms with Crippen LogP contribution < -0.4 is 4.74 Å². The Labute approximate surface area is 87.3 Å². The zero-order valence-corrected chi connectivity index (χ0v) is 8.75. The number of aliphatic hydroxyl groups is 1. The number of hydrogen-bond donors (Lipinski definition) is 1. The van der Waals surface area contributed by atoms with Gasteiger partial charge in [-0.1, -0.05) is 11.6 Å². The van der Waals surface area contributed by atoms with Crippen molar-refractivity contribution in [3.05, 3.63) is 29.0 Å². The number of hydrogen-bond acceptors (Lipinski definition) is 2. The molecule has 1 aromatic rings. The lowest BCUT2D eigenvalue weighted by Crippen LogP contribution is -2.25. The number of aliphatic hydroxyl groups excluding tert-OH is 1. The molecule has 0 fully saturated rings. The van der Waals surface area contributed by atoms with E-state index in [2.05, 4.69) is 0 Å². The molecule has 0 saturated heterocycles. The number of benzene rings is 1. The van der Waals surface area contributed by atoms with Crippen molar-refractivity contribution < 1.29 is 14.2 Å². The smallest absolute Gasteiger partial charge is 0.145 e. The van der Waals surface area contributed by atoms with Crippen molar-refractivity contribution in [1.82, 2.24) is 0 Å². The molecule has 14 heavy (non-hydrogen) atoms. The predicted octanol–water partition coefficient (Wildman–Crippen LogP) is 2.63. The van der Waals surface area contributed by atoms with Gasteiger partial charge in [-0.25, -0.2) is 4.39 Å². The van der Waals surface area contributed by atoms with Crippen LogP contribution in [0.4, 0.5) is 4.39 Å². The van der Waals surface area contributed by atoms with E-state index in [1.807, 2.05) is 0 Å². The van der Waals surface area contributed by atoms with Gasteiger partial charge < -0.3 is 9.84 Å². The summed E-state index contributed by atoms with van der Waals surface area (Å²) >= 11 is 5.50. The molecular weight excluding hydrogens is 207 g/mol. The van der Waals surface area contributed by atoms with E-state index in [0.717, 1.165) is 0 Å². The van der Waals surface area contributed by atoms with Gasteiger partial charge in [0.15, 0.2) is 0 Å². The first-order valence-electron chi connectivity index (χ1n) is 4.30. The third kappa shape index (κ3) is 2.86. The molecule has 0 radical (unpaired) electrons. The summed E-state index contributed by atoms with van der Waals surface area (Å²) in [5.41, 5.74) is 0. The van der Waals surface area contributed by atoms with Crippen molar-refractivity contribution in [3.63, 3.8) is 0 Å². The van der Waals surface area contributed by atoms with Crippen molar-refractivity contribution in [1.29, 1.82) is 0 Å². The SMILES string of the molecule is CC(O)C(C)Oc1ccc(Cl)c(F)c1. The van der Waals surface area contributed by atoms with Crippen LogP contribution in [0.25, 0.3) is 0 Å². The monoisotopic (exact) mass is 218 g/mol. The zero-order valence-electron chi connectivity index (χ0n) is 8.00. The largest absolute Gasteiger partial charge is 0.488 e. The first kappa shape index (κ1) is 11.3. The van der Waals surface area contributed by atoms with Crippen LogP contribution in [-0.2, 0) is 0 Å². The average molecular weight is 219 g/mol. The Balaban J connectivity index is 2.73. The second kappa shape index (κ2) is 4.62. The molecule has 0 aromatic heterocycles. The molecule has 4 heteroatoms. The molecule has 78 valence electrons. The third-order valence-electron chi connectivity index (χ3n) is 1.89. The minimum atomic E-state index is -0.603. The molecule has 0 aliphatic carbocycles. The molecule has 0 aliphatic rings. The molecule has 0 heterocycles. The average Bonchev–Trinajstić information content (AvgIpc) is 2.11. The van der Waals surface area contributed by atoms with E-state index in [9.17, 15) is 4.39 Å². The molecule has 2 atom stereocenters. The summed E-state index contributed by atoms with van der Waals surface area (Å²) in [5, 5.41) is 9.22. The maximum Gasteiger partial charge on any atom is 0.145 e. The Morgan fingerprint density at radius 2 is 2.07 bits per heavy atom. The van der Waals surface area contributed by atoms with Crippen LogP contribution in [0.1, 0.15) is 13.8 Å². The summed E-state index contributed by atoms with van der Waals surface area (Å²) in [6, 6.07) is 4.17. The van der Waals surface area contributed by atoms with Crippen LogP contribution in [-0.4, -0.2) is 17.3 Å². The fourth-order valence-electron chi connectivity index (χ4n) is 0.863. The van der Waals surface area contributed by atoms with Gasteiger partial charge >= 0.3 is 0 Å². The Kier molecular flexibility index (Phi) is 3.72. The lowest BCUT2D eigenvalue weighted by Gasteiger charge is -2.17. The van der Waals surface area contributed by atoms with Gasteiger partial charge in [0.1, 0.15) is 17.7 Å².